The predicted molar refractivity (Wildman–Crippen MR) is 98.1 cm³/mol. The molecule has 0 bridgehead atoms. The fraction of sp³-hybridized carbons (Fsp3) is 0.375. The first-order chi connectivity index (χ1) is 12.5. The summed E-state index contributed by atoms with van der Waals surface area (Å²) in [6.45, 7) is 0.472. The molecule has 0 saturated carbocycles. The second-order valence-corrected chi connectivity index (χ2v) is 6.84. The van der Waals surface area contributed by atoms with Crippen molar-refractivity contribution < 1.29 is 9.21 Å². The summed E-state index contributed by atoms with van der Waals surface area (Å²) in [6, 6.07) is 3.75. The largest absolute Gasteiger partial charge is 0.468 e. The van der Waals surface area contributed by atoms with E-state index in [1.165, 1.54) is 29.6 Å². The average molecular weight is 377 g/mol. The zero-order valence-corrected chi connectivity index (χ0v) is 15.3. The third kappa shape index (κ3) is 3.59. The molecule has 0 aromatic carbocycles. The summed E-state index contributed by atoms with van der Waals surface area (Å²) in [4.78, 5) is 40.5. The van der Waals surface area contributed by atoms with Crippen molar-refractivity contribution in [3.05, 3.63) is 51.3 Å². The number of imidazole rings is 1. The number of fused-ring (bicyclic) bond motifs is 1. The van der Waals surface area contributed by atoms with Gasteiger partial charge in [-0.15, -0.1) is 0 Å². The van der Waals surface area contributed by atoms with Gasteiger partial charge in [-0.1, -0.05) is 0 Å². The number of nitrogens with zero attached hydrogens (tertiary/aromatic N) is 4. The number of carbonyl (C=O) groups is 1. The molecular formula is C16H19N5O4S. The number of hydrogen-bond donors (Lipinski definition) is 1. The molecule has 138 valence electrons. The van der Waals surface area contributed by atoms with E-state index in [2.05, 4.69) is 10.3 Å². The molecule has 0 atom stereocenters. The van der Waals surface area contributed by atoms with Crippen molar-refractivity contribution in [1.29, 1.82) is 0 Å². The number of amides is 1. The van der Waals surface area contributed by atoms with E-state index in [1.807, 2.05) is 12.1 Å². The Labute approximate surface area is 152 Å². The maximum atomic E-state index is 12.3. The fourth-order valence-corrected chi connectivity index (χ4v) is 3.31. The van der Waals surface area contributed by atoms with E-state index in [-0.39, 0.29) is 23.6 Å². The van der Waals surface area contributed by atoms with Gasteiger partial charge in [0.2, 0.25) is 5.91 Å². The second-order valence-electron chi connectivity index (χ2n) is 5.73. The lowest BCUT2D eigenvalue weighted by atomic mass is 10.4. The highest BCUT2D eigenvalue weighted by atomic mass is 32.2. The Morgan fingerprint density at radius 3 is 2.85 bits per heavy atom. The summed E-state index contributed by atoms with van der Waals surface area (Å²) in [5.41, 5.74) is -0.426. The van der Waals surface area contributed by atoms with E-state index in [4.69, 9.17) is 4.42 Å². The molecule has 0 fully saturated rings. The van der Waals surface area contributed by atoms with Gasteiger partial charge in [-0.05, 0) is 12.1 Å². The number of carbonyl (C=O) groups excluding carboxylic acids is 1. The lowest BCUT2D eigenvalue weighted by molar-refractivity contribution is -0.121. The molecule has 0 saturated heterocycles. The van der Waals surface area contributed by atoms with E-state index < -0.39 is 11.2 Å². The SMILES string of the molecule is Cn1c(=O)c2c(ncn2CC(=O)NCCSCc2ccco2)n(C)c1=O. The molecule has 9 nitrogen and oxygen atoms in total. The molecule has 26 heavy (non-hydrogen) atoms. The maximum Gasteiger partial charge on any atom is 0.332 e. The summed E-state index contributed by atoms with van der Waals surface area (Å²) in [7, 11) is 2.94. The van der Waals surface area contributed by atoms with Crippen LogP contribution < -0.4 is 16.6 Å². The Kier molecular flexibility index (Phi) is 5.31. The van der Waals surface area contributed by atoms with Crippen LogP contribution in [0.25, 0.3) is 11.2 Å². The standard InChI is InChI=1S/C16H19N5O4S/c1-19-14-13(15(23)20(2)16(19)24)21(10-18-14)8-12(22)17-5-7-26-9-11-4-3-6-25-11/h3-4,6,10H,5,7-9H2,1-2H3,(H,17,22). The maximum absolute atomic E-state index is 12.3. The van der Waals surface area contributed by atoms with Crippen LogP contribution in [-0.4, -0.2) is 36.9 Å². The Balaban J connectivity index is 1.59. The van der Waals surface area contributed by atoms with Crippen molar-refractivity contribution in [2.75, 3.05) is 12.3 Å². The molecule has 1 N–H and O–H groups in total. The minimum Gasteiger partial charge on any atom is -0.468 e. The summed E-state index contributed by atoms with van der Waals surface area (Å²) >= 11 is 1.65. The van der Waals surface area contributed by atoms with Crippen LogP contribution in [0.1, 0.15) is 5.76 Å². The van der Waals surface area contributed by atoms with Gasteiger partial charge in [0.05, 0.1) is 18.3 Å². The van der Waals surface area contributed by atoms with Gasteiger partial charge in [-0.3, -0.25) is 18.7 Å². The van der Waals surface area contributed by atoms with Crippen LogP contribution in [-0.2, 0) is 31.2 Å². The van der Waals surface area contributed by atoms with E-state index in [9.17, 15) is 14.4 Å². The number of nitrogens with one attached hydrogen (secondary N) is 1. The zero-order chi connectivity index (χ0) is 18.7. The van der Waals surface area contributed by atoms with Crippen molar-refractivity contribution in [3.8, 4) is 0 Å². The number of aryl methyl sites for hydroxylation is 1. The Morgan fingerprint density at radius 1 is 1.31 bits per heavy atom. The third-order valence-corrected chi connectivity index (χ3v) is 4.91. The van der Waals surface area contributed by atoms with Crippen molar-refractivity contribution >= 4 is 28.8 Å². The van der Waals surface area contributed by atoms with E-state index in [1.54, 1.807) is 18.0 Å². The third-order valence-electron chi connectivity index (χ3n) is 3.92. The van der Waals surface area contributed by atoms with E-state index >= 15 is 0 Å². The minimum absolute atomic E-state index is 0.0349. The molecule has 3 aromatic heterocycles. The van der Waals surface area contributed by atoms with Gasteiger partial charge in [-0.2, -0.15) is 11.8 Å². The van der Waals surface area contributed by atoms with Gasteiger partial charge >= 0.3 is 5.69 Å². The lowest BCUT2D eigenvalue weighted by Gasteiger charge is -2.07. The van der Waals surface area contributed by atoms with Crippen LogP contribution in [0.5, 0.6) is 0 Å². The molecule has 3 heterocycles. The molecule has 0 aliphatic heterocycles. The number of aromatic nitrogens is 4. The van der Waals surface area contributed by atoms with Crippen LogP contribution in [0.3, 0.4) is 0 Å². The molecule has 0 aliphatic rings. The van der Waals surface area contributed by atoms with Gasteiger partial charge in [0.1, 0.15) is 12.3 Å². The monoisotopic (exact) mass is 377 g/mol. The van der Waals surface area contributed by atoms with Gasteiger partial charge in [-0.25, -0.2) is 9.78 Å². The van der Waals surface area contributed by atoms with Crippen LogP contribution >= 0.6 is 11.8 Å². The van der Waals surface area contributed by atoms with Crippen molar-refractivity contribution in [1.82, 2.24) is 24.0 Å². The summed E-state index contributed by atoms with van der Waals surface area (Å²) in [6.07, 6.45) is 3.03. The number of rotatable bonds is 7. The molecule has 10 heteroatoms. The predicted octanol–water partition coefficient (Wildman–Crippen LogP) is 0.0763. The summed E-state index contributed by atoms with van der Waals surface area (Å²) < 4.78 is 8.99. The van der Waals surface area contributed by atoms with Crippen LogP contribution in [0.2, 0.25) is 0 Å². The van der Waals surface area contributed by atoms with Crippen LogP contribution in [0.4, 0.5) is 0 Å². The van der Waals surface area contributed by atoms with Gasteiger partial charge < -0.3 is 14.3 Å². The highest BCUT2D eigenvalue weighted by Crippen LogP contribution is 2.11. The number of thioether (sulfide) groups is 1. The Bertz CT molecular complexity index is 1030. The van der Waals surface area contributed by atoms with Crippen LogP contribution in [0, 0.1) is 0 Å². The number of furan rings is 1. The molecule has 0 radical (unpaired) electrons. The summed E-state index contributed by atoms with van der Waals surface area (Å²) in [5, 5.41) is 2.81. The van der Waals surface area contributed by atoms with Gasteiger partial charge in [0.15, 0.2) is 11.2 Å². The average Bonchev–Trinajstić information content (AvgIpc) is 3.28. The van der Waals surface area contributed by atoms with E-state index in [0.717, 1.165) is 21.8 Å². The molecule has 1 amide bonds. The van der Waals surface area contributed by atoms with Crippen molar-refractivity contribution in [2.24, 2.45) is 14.1 Å². The minimum atomic E-state index is -0.470. The Hall–Kier alpha value is -2.75. The molecular weight excluding hydrogens is 358 g/mol. The smallest absolute Gasteiger partial charge is 0.332 e. The van der Waals surface area contributed by atoms with Crippen LogP contribution in [0.15, 0.2) is 38.7 Å². The zero-order valence-electron chi connectivity index (χ0n) is 14.5. The molecule has 0 aliphatic carbocycles. The first-order valence-electron chi connectivity index (χ1n) is 7.96. The molecule has 0 unspecified atom stereocenters. The van der Waals surface area contributed by atoms with Gasteiger partial charge in [0.25, 0.3) is 5.56 Å². The Morgan fingerprint density at radius 2 is 2.12 bits per heavy atom. The molecule has 0 spiro atoms. The second kappa shape index (κ2) is 7.65. The fourth-order valence-electron chi connectivity index (χ4n) is 2.56. The highest BCUT2D eigenvalue weighted by molar-refractivity contribution is 7.98. The first kappa shape index (κ1) is 18.1. The van der Waals surface area contributed by atoms with Gasteiger partial charge in [0, 0.05) is 26.4 Å². The van der Waals surface area contributed by atoms with Crippen molar-refractivity contribution in [2.45, 2.75) is 12.3 Å². The normalized spacial score (nSPS) is 11.2. The quantitative estimate of drug-likeness (QED) is 0.585. The summed E-state index contributed by atoms with van der Waals surface area (Å²) in [5.74, 6) is 2.17. The van der Waals surface area contributed by atoms with E-state index in [0.29, 0.717) is 6.54 Å². The molecule has 3 aromatic rings. The first-order valence-corrected chi connectivity index (χ1v) is 9.12. The number of hydrogen-bond acceptors (Lipinski definition) is 6. The van der Waals surface area contributed by atoms with Crippen molar-refractivity contribution in [3.63, 3.8) is 0 Å². The topological polar surface area (TPSA) is 104 Å². The lowest BCUT2D eigenvalue weighted by Crippen LogP contribution is -2.38. The highest BCUT2D eigenvalue weighted by Gasteiger charge is 2.15. The molecule has 3 rings (SSSR count).